The number of amides is 1. The van der Waals surface area contributed by atoms with Gasteiger partial charge in [-0.2, -0.15) is 0 Å². The fourth-order valence-corrected chi connectivity index (χ4v) is 3.75. The molecule has 6 nitrogen and oxygen atoms in total. The highest BCUT2D eigenvalue weighted by Gasteiger charge is 2.16. The van der Waals surface area contributed by atoms with Crippen LogP contribution >= 0.6 is 11.3 Å². The van der Waals surface area contributed by atoms with Gasteiger partial charge in [0.2, 0.25) is 5.91 Å². The summed E-state index contributed by atoms with van der Waals surface area (Å²) in [6.07, 6.45) is 2.34. The van der Waals surface area contributed by atoms with Crippen LogP contribution in [-0.4, -0.2) is 46.6 Å². The lowest BCUT2D eigenvalue weighted by Gasteiger charge is -2.26. The van der Waals surface area contributed by atoms with Gasteiger partial charge in [-0.25, -0.2) is 9.99 Å². The van der Waals surface area contributed by atoms with Gasteiger partial charge in [0, 0.05) is 35.9 Å². The first-order valence-electron chi connectivity index (χ1n) is 8.34. The third-order valence-electron chi connectivity index (χ3n) is 4.27. The molecule has 4 rings (SSSR count). The van der Waals surface area contributed by atoms with E-state index in [4.69, 9.17) is 4.74 Å². The summed E-state index contributed by atoms with van der Waals surface area (Å²) in [5, 5.41) is 3.92. The van der Waals surface area contributed by atoms with Gasteiger partial charge >= 0.3 is 0 Å². The number of morpholine rings is 1. The Labute approximate surface area is 150 Å². The van der Waals surface area contributed by atoms with Gasteiger partial charge in [0.25, 0.3) is 0 Å². The number of carbonyl (C=O) groups excluding carboxylic acids is 1. The Balaban J connectivity index is 1.50. The topological polar surface area (TPSA) is 58.9 Å². The van der Waals surface area contributed by atoms with Crippen LogP contribution in [0.1, 0.15) is 11.3 Å². The maximum absolute atomic E-state index is 12.3. The smallest absolute Gasteiger partial charge is 0.240 e. The summed E-state index contributed by atoms with van der Waals surface area (Å²) in [6, 6.07) is 8.32. The van der Waals surface area contributed by atoms with E-state index in [-0.39, 0.29) is 5.91 Å². The van der Waals surface area contributed by atoms with E-state index < -0.39 is 0 Å². The highest BCUT2D eigenvalue weighted by Crippen LogP contribution is 2.24. The molecule has 1 aliphatic heterocycles. The lowest BCUT2D eigenvalue weighted by Crippen LogP contribution is -2.48. The van der Waals surface area contributed by atoms with Gasteiger partial charge in [0.15, 0.2) is 4.96 Å². The molecule has 1 aliphatic rings. The number of ether oxygens (including phenoxy) is 1. The number of aryl methyl sites for hydroxylation is 1. The molecule has 130 valence electrons. The van der Waals surface area contributed by atoms with Gasteiger partial charge < -0.3 is 4.74 Å². The predicted molar refractivity (Wildman–Crippen MR) is 97.5 cm³/mol. The minimum Gasteiger partial charge on any atom is -0.379 e. The Kier molecular flexibility index (Phi) is 4.52. The predicted octanol–water partition coefficient (Wildman–Crippen LogP) is 2.28. The zero-order chi connectivity index (χ0) is 17.2. The van der Waals surface area contributed by atoms with E-state index in [2.05, 4.69) is 41.6 Å². The largest absolute Gasteiger partial charge is 0.379 e. The maximum atomic E-state index is 12.3. The molecule has 2 aromatic heterocycles. The number of benzene rings is 1. The first-order valence-corrected chi connectivity index (χ1v) is 9.22. The van der Waals surface area contributed by atoms with Crippen LogP contribution in [0.5, 0.6) is 0 Å². The standard InChI is InChI=1S/C18H20N4O2S/c1-13-2-4-14(5-3-13)16-11-22-15(12-25-18(22)19-16)10-17(23)20-21-6-8-24-9-7-21/h2-5,11-12H,6-10H2,1H3,(H,20,23). The lowest BCUT2D eigenvalue weighted by atomic mass is 10.1. The Morgan fingerprint density at radius 2 is 2.04 bits per heavy atom. The summed E-state index contributed by atoms with van der Waals surface area (Å²) in [5.41, 5.74) is 7.15. The van der Waals surface area contributed by atoms with Crippen molar-refractivity contribution in [3.8, 4) is 11.3 Å². The summed E-state index contributed by atoms with van der Waals surface area (Å²) in [5.74, 6) is -0.00724. The van der Waals surface area contributed by atoms with E-state index in [9.17, 15) is 4.79 Å². The van der Waals surface area contributed by atoms with Crippen molar-refractivity contribution < 1.29 is 9.53 Å². The van der Waals surface area contributed by atoms with E-state index in [0.29, 0.717) is 19.6 Å². The van der Waals surface area contributed by atoms with Gasteiger partial charge in [-0.05, 0) is 6.92 Å². The molecule has 7 heteroatoms. The number of aromatic nitrogens is 2. The third-order valence-corrected chi connectivity index (χ3v) is 5.16. The maximum Gasteiger partial charge on any atom is 0.240 e. The first-order chi connectivity index (χ1) is 12.2. The molecule has 25 heavy (non-hydrogen) atoms. The summed E-state index contributed by atoms with van der Waals surface area (Å²) >= 11 is 1.56. The second kappa shape index (κ2) is 6.95. The first kappa shape index (κ1) is 16.3. The van der Waals surface area contributed by atoms with Crippen LogP contribution in [0.2, 0.25) is 0 Å². The van der Waals surface area contributed by atoms with Crippen molar-refractivity contribution in [1.82, 2.24) is 19.8 Å². The van der Waals surface area contributed by atoms with Crippen molar-refractivity contribution in [3.05, 3.63) is 47.1 Å². The molecule has 1 N–H and O–H groups in total. The molecule has 0 unspecified atom stereocenters. The zero-order valence-corrected chi connectivity index (χ0v) is 14.9. The molecule has 0 bridgehead atoms. The van der Waals surface area contributed by atoms with Crippen LogP contribution in [0.15, 0.2) is 35.8 Å². The van der Waals surface area contributed by atoms with Crippen molar-refractivity contribution in [1.29, 1.82) is 0 Å². The monoisotopic (exact) mass is 356 g/mol. The molecule has 3 heterocycles. The number of nitrogens with one attached hydrogen (secondary N) is 1. The van der Waals surface area contributed by atoms with Crippen molar-refractivity contribution >= 4 is 22.2 Å². The van der Waals surface area contributed by atoms with Gasteiger partial charge in [0.1, 0.15) is 0 Å². The fourth-order valence-electron chi connectivity index (χ4n) is 2.88. The summed E-state index contributed by atoms with van der Waals surface area (Å²) in [7, 11) is 0. The molecule has 3 aromatic rings. The minimum absolute atomic E-state index is 0.00724. The molecule has 0 spiro atoms. The molecule has 1 amide bonds. The average Bonchev–Trinajstić information content (AvgIpc) is 3.18. The van der Waals surface area contributed by atoms with E-state index in [1.807, 2.05) is 21.0 Å². The SMILES string of the molecule is Cc1ccc(-c2cn3c(CC(=O)NN4CCOCC4)csc3n2)cc1. The number of nitrogens with zero attached hydrogens (tertiary/aromatic N) is 3. The second-order valence-electron chi connectivity index (χ2n) is 6.18. The minimum atomic E-state index is -0.00724. The van der Waals surface area contributed by atoms with Gasteiger partial charge in [-0.3, -0.25) is 14.6 Å². The highest BCUT2D eigenvalue weighted by atomic mass is 32.1. The van der Waals surface area contributed by atoms with Crippen molar-refractivity contribution in [2.24, 2.45) is 0 Å². The van der Waals surface area contributed by atoms with Crippen LogP contribution in [0.4, 0.5) is 0 Å². The molecule has 0 aliphatic carbocycles. The highest BCUT2D eigenvalue weighted by molar-refractivity contribution is 7.15. The van der Waals surface area contributed by atoms with Crippen molar-refractivity contribution in [2.75, 3.05) is 26.3 Å². The lowest BCUT2D eigenvalue weighted by molar-refractivity contribution is -0.127. The molecule has 1 saturated heterocycles. The number of hydrogen-bond donors (Lipinski definition) is 1. The number of hydrogen-bond acceptors (Lipinski definition) is 5. The number of thiazole rings is 1. The Bertz CT molecular complexity index is 878. The quantitative estimate of drug-likeness (QED) is 0.779. The van der Waals surface area contributed by atoms with E-state index >= 15 is 0 Å². The second-order valence-corrected chi connectivity index (χ2v) is 7.02. The number of rotatable bonds is 4. The number of fused-ring (bicyclic) bond motifs is 1. The van der Waals surface area contributed by atoms with E-state index in [1.165, 1.54) is 5.56 Å². The number of imidazole rings is 1. The van der Waals surface area contributed by atoms with E-state index in [1.54, 1.807) is 11.3 Å². The van der Waals surface area contributed by atoms with Crippen molar-refractivity contribution in [2.45, 2.75) is 13.3 Å². The normalized spacial score (nSPS) is 15.6. The van der Waals surface area contributed by atoms with Crippen LogP contribution in [0.3, 0.4) is 0 Å². The van der Waals surface area contributed by atoms with Crippen LogP contribution in [0.25, 0.3) is 16.2 Å². The summed E-state index contributed by atoms with van der Waals surface area (Å²) in [6.45, 7) is 4.84. The molecular weight excluding hydrogens is 336 g/mol. The number of carbonyl (C=O) groups is 1. The zero-order valence-electron chi connectivity index (χ0n) is 14.1. The Hall–Kier alpha value is -2.22. The van der Waals surface area contributed by atoms with Crippen LogP contribution in [0, 0.1) is 6.92 Å². The van der Waals surface area contributed by atoms with Gasteiger partial charge in [-0.1, -0.05) is 29.8 Å². The van der Waals surface area contributed by atoms with Gasteiger partial charge in [-0.15, -0.1) is 11.3 Å². The van der Waals surface area contributed by atoms with Crippen LogP contribution in [-0.2, 0) is 16.0 Å². The molecule has 1 fully saturated rings. The molecular formula is C18H20N4O2S. The fraction of sp³-hybridized carbons (Fsp3) is 0.333. The molecule has 0 radical (unpaired) electrons. The van der Waals surface area contributed by atoms with Gasteiger partial charge in [0.05, 0.1) is 25.3 Å². The van der Waals surface area contributed by atoms with Crippen LogP contribution < -0.4 is 5.43 Å². The summed E-state index contributed by atoms with van der Waals surface area (Å²) in [4.78, 5) is 17.9. The Morgan fingerprint density at radius 1 is 1.28 bits per heavy atom. The molecule has 0 atom stereocenters. The van der Waals surface area contributed by atoms with Crippen molar-refractivity contribution in [3.63, 3.8) is 0 Å². The summed E-state index contributed by atoms with van der Waals surface area (Å²) < 4.78 is 7.31. The Morgan fingerprint density at radius 3 is 2.80 bits per heavy atom. The number of hydrazine groups is 1. The molecule has 1 aromatic carbocycles. The average molecular weight is 356 g/mol. The van der Waals surface area contributed by atoms with E-state index in [0.717, 1.165) is 35.0 Å². The third kappa shape index (κ3) is 3.58. The molecule has 0 saturated carbocycles.